The number of hydrogen-bond donors (Lipinski definition) is 1. The van der Waals surface area contributed by atoms with Crippen LogP contribution in [0.2, 0.25) is 0 Å². The second-order valence-electron chi connectivity index (χ2n) is 5.48. The lowest BCUT2D eigenvalue weighted by atomic mass is 10.2. The maximum Gasteiger partial charge on any atom is 0.0489 e. The molecule has 0 atom stereocenters. The lowest BCUT2D eigenvalue weighted by molar-refractivity contribution is 0.836. The number of pyridine rings is 1. The zero-order valence-corrected chi connectivity index (χ0v) is 12.6. The van der Waals surface area contributed by atoms with Crippen LogP contribution < -0.4 is 5.32 Å². The highest BCUT2D eigenvalue weighted by atomic mass is 14.9. The Kier molecular flexibility index (Phi) is 3.53. The number of fused-ring (bicyclic) bond motifs is 1. The quantitative estimate of drug-likeness (QED) is 0.595. The van der Waals surface area contributed by atoms with E-state index < -0.39 is 0 Å². The molecule has 2 aromatic heterocycles. The van der Waals surface area contributed by atoms with Gasteiger partial charge in [-0.05, 0) is 35.9 Å². The number of hydrogen-bond acceptors (Lipinski definition) is 2. The first-order valence-electron chi connectivity index (χ1n) is 7.60. The monoisotopic (exact) mass is 298 g/mol. The molecule has 0 aliphatic heterocycles. The van der Waals surface area contributed by atoms with Crippen molar-refractivity contribution in [3.63, 3.8) is 0 Å². The number of aromatic nitrogens is 2. The van der Waals surface area contributed by atoms with Gasteiger partial charge < -0.3 is 9.88 Å². The Morgan fingerprint density at radius 3 is 2.43 bits per heavy atom. The van der Waals surface area contributed by atoms with Crippen molar-refractivity contribution in [1.29, 1.82) is 0 Å². The van der Waals surface area contributed by atoms with Gasteiger partial charge in [0.15, 0.2) is 0 Å². The number of benzene rings is 2. The largest absolute Gasteiger partial charge is 0.355 e. The summed E-state index contributed by atoms with van der Waals surface area (Å²) in [6, 6.07) is 24.0. The molecule has 2 aromatic carbocycles. The van der Waals surface area contributed by atoms with E-state index in [1.807, 2.05) is 24.4 Å². The molecule has 0 amide bonds. The third-order valence-electron chi connectivity index (χ3n) is 3.87. The highest BCUT2D eigenvalue weighted by molar-refractivity contribution is 5.79. The van der Waals surface area contributed by atoms with E-state index in [9.17, 15) is 0 Å². The van der Waals surface area contributed by atoms with Crippen molar-refractivity contribution in [3.8, 4) is 0 Å². The second kappa shape index (κ2) is 5.97. The first-order valence-corrected chi connectivity index (χ1v) is 7.60. The summed E-state index contributed by atoms with van der Waals surface area (Å²) in [6.07, 6.45) is 5.59. The van der Waals surface area contributed by atoms with Crippen LogP contribution >= 0.6 is 0 Å². The van der Waals surface area contributed by atoms with Gasteiger partial charge in [-0.1, -0.05) is 30.3 Å². The Balaban J connectivity index is 1.52. The smallest absolute Gasteiger partial charge is 0.0489 e. The highest BCUT2D eigenvalue weighted by Crippen LogP contribution is 2.19. The summed E-state index contributed by atoms with van der Waals surface area (Å²) < 4.78 is 2.22. The van der Waals surface area contributed by atoms with E-state index in [1.54, 1.807) is 12.4 Å². The molecule has 23 heavy (non-hydrogen) atoms. The van der Waals surface area contributed by atoms with E-state index in [2.05, 4.69) is 63.4 Å². The molecule has 4 rings (SSSR count). The normalized spacial score (nSPS) is 10.8. The molecule has 0 saturated heterocycles. The number of anilines is 2. The highest BCUT2D eigenvalue weighted by Gasteiger charge is 2.02. The van der Waals surface area contributed by atoms with Crippen LogP contribution in [-0.4, -0.2) is 9.55 Å². The van der Waals surface area contributed by atoms with Gasteiger partial charge in [-0.25, -0.2) is 0 Å². The van der Waals surface area contributed by atoms with Crippen LogP contribution in [0, 0.1) is 6.07 Å². The SMILES string of the molecule is [c]1cn(Cc2ccc(Nc3ccncc3)cc2)c2ccccc12. The van der Waals surface area contributed by atoms with Gasteiger partial charge >= 0.3 is 0 Å². The van der Waals surface area contributed by atoms with Gasteiger partial charge in [0.1, 0.15) is 0 Å². The van der Waals surface area contributed by atoms with E-state index in [1.165, 1.54) is 11.1 Å². The van der Waals surface area contributed by atoms with Crippen molar-refractivity contribution in [2.75, 3.05) is 5.32 Å². The Morgan fingerprint density at radius 1 is 0.870 bits per heavy atom. The average Bonchev–Trinajstić information content (AvgIpc) is 3.01. The summed E-state index contributed by atoms with van der Waals surface area (Å²) in [5.41, 5.74) is 4.59. The van der Waals surface area contributed by atoms with Crippen LogP contribution in [0.4, 0.5) is 11.4 Å². The number of para-hydroxylation sites is 1. The van der Waals surface area contributed by atoms with Crippen LogP contribution in [0.25, 0.3) is 10.9 Å². The molecule has 1 radical (unpaired) electrons. The number of rotatable bonds is 4. The Hall–Kier alpha value is -3.07. The molecule has 4 aromatic rings. The van der Waals surface area contributed by atoms with Crippen molar-refractivity contribution < 1.29 is 0 Å². The van der Waals surface area contributed by atoms with Crippen LogP contribution in [-0.2, 0) is 6.54 Å². The molecule has 1 N–H and O–H groups in total. The summed E-state index contributed by atoms with van der Waals surface area (Å²) in [5.74, 6) is 0. The Labute approximate surface area is 135 Å². The molecular formula is C20H16N3. The molecule has 0 unspecified atom stereocenters. The van der Waals surface area contributed by atoms with Gasteiger partial charge in [-0.2, -0.15) is 0 Å². The molecule has 0 saturated carbocycles. The van der Waals surface area contributed by atoms with Gasteiger partial charge in [0.25, 0.3) is 0 Å². The lowest BCUT2D eigenvalue weighted by Crippen LogP contribution is -1.98. The first-order chi connectivity index (χ1) is 11.4. The molecule has 0 aliphatic rings. The molecule has 2 heterocycles. The molecule has 0 fully saturated rings. The predicted molar refractivity (Wildman–Crippen MR) is 93.8 cm³/mol. The van der Waals surface area contributed by atoms with Crippen molar-refractivity contribution in [3.05, 3.63) is 90.9 Å². The minimum Gasteiger partial charge on any atom is -0.355 e. The Bertz CT molecular complexity index is 908. The van der Waals surface area contributed by atoms with E-state index in [0.29, 0.717) is 0 Å². The minimum atomic E-state index is 0.847. The van der Waals surface area contributed by atoms with E-state index in [4.69, 9.17) is 0 Å². The van der Waals surface area contributed by atoms with E-state index in [0.717, 1.165) is 23.3 Å². The summed E-state index contributed by atoms with van der Waals surface area (Å²) in [4.78, 5) is 4.02. The fourth-order valence-electron chi connectivity index (χ4n) is 2.69. The minimum absolute atomic E-state index is 0.847. The molecule has 0 spiro atoms. The zero-order chi connectivity index (χ0) is 15.5. The molecule has 0 bridgehead atoms. The van der Waals surface area contributed by atoms with Crippen LogP contribution in [0.3, 0.4) is 0 Å². The van der Waals surface area contributed by atoms with Gasteiger partial charge in [0, 0.05) is 53.5 Å². The summed E-state index contributed by atoms with van der Waals surface area (Å²) in [6.45, 7) is 0.847. The van der Waals surface area contributed by atoms with Gasteiger partial charge in [-0.15, -0.1) is 0 Å². The maximum atomic E-state index is 4.02. The predicted octanol–water partition coefficient (Wildman–Crippen LogP) is 4.63. The third kappa shape index (κ3) is 2.94. The van der Waals surface area contributed by atoms with E-state index in [-0.39, 0.29) is 0 Å². The van der Waals surface area contributed by atoms with Crippen LogP contribution in [0.15, 0.2) is 79.3 Å². The van der Waals surface area contributed by atoms with Crippen LogP contribution in [0.1, 0.15) is 5.56 Å². The third-order valence-corrected chi connectivity index (χ3v) is 3.87. The van der Waals surface area contributed by atoms with Gasteiger partial charge in [-0.3, -0.25) is 4.98 Å². The average molecular weight is 298 g/mol. The number of nitrogens with one attached hydrogen (secondary N) is 1. The van der Waals surface area contributed by atoms with Crippen molar-refractivity contribution in [2.24, 2.45) is 0 Å². The topological polar surface area (TPSA) is 29.9 Å². The molecule has 0 aliphatic carbocycles. The second-order valence-corrected chi connectivity index (χ2v) is 5.48. The zero-order valence-electron chi connectivity index (χ0n) is 12.6. The summed E-state index contributed by atoms with van der Waals surface area (Å²) in [5, 5.41) is 4.52. The van der Waals surface area contributed by atoms with E-state index >= 15 is 0 Å². The van der Waals surface area contributed by atoms with Gasteiger partial charge in [0.05, 0.1) is 0 Å². The molecular weight excluding hydrogens is 282 g/mol. The summed E-state index contributed by atoms with van der Waals surface area (Å²) in [7, 11) is 0. The maximum absolute atomic E-state index is 4.02. The number of nitrogens with zero attached hydrogens (tertiary/aromatic N) is 2. The first kappa shape index (κ1) is 13.6. The summed E-state index contributed by atoms with van der Waals surface area (Å²) >= 11 is 0. The fraction of sp³-hybridized carbons (Fsp3) is 0.0500. The lowest BCUT2D eigenvalue weighted by Gasteiger charge is -2.09. The fourth-order valence-corrected chi connectivity index (χ4v) is 2.69. The van der Waals surface area contributed by atoms with Crippen molar-refractivity contribution >= 4 is 22.3 Å². The Morgan fingerprint density at radius 2 is 1.61 bits per heavy atom. The van der Waals surface area contributed by atoms with Crippen LogP contribution in [0.5, 0.6) is 0 Å². The molecule has 111 valence electrons. The standard InChI is InChI=1S/C20H16N3/c1-2-4-20-17(3-1)11-14-23(20)15-16-5-7-18(8-6-16)22-19-9-12-21-13-10-19/h1-10,12-14H,15H2,(H,21,22). The van der Waals surface area contributed by atoms with Crippen molar-refractivity contribution in [2.45, 2.75) is 6.54 Å². The van der Waals surface area contributed by atoms with Gasteiger partial charge in [0.2, 0.25) is 0 Å². The molecule has 3 heteroatoms. The van der Waals surface area contributed by atoms with Crippen molar-refractivity contribution in [1.82, 2.24) is 9.55 Å². The molecule has 3 nitrogen and oxygen atoms in total.